The largest absolute Gasteiger partial charge is 0.495 e. The molecule has 0 amide bonds. The molecule has 0 saturated carbocycles. The third kappa shape index (κ3) is 2.78. The van der Waals surface area contributed by atoms with Crippen LogP contribution in [0.15, 0.2) is 35.1 Å². The highest BCUT2D eigenvalue weighted by molar-refractivity contribution is 9.10. The molecule has 0 fully saturated rings. The maximum Gasteiger partial charge on any atom is 0.142 e. The molecule has 0 spiro atoms. The number of hydrogen-bond donors (Lipinski definition) is 1. The van der Waals surface area contributed by atoms with Crippen molar-refractivity contribution >= 4 is 15.9 Å². The number of methoxy groups -OCH3 is 2. The molecule has 0 aliphatic heterocycles. The number of hydrogen-bond acceptors (Lipinski definition) is 4. The lowest BCUT2D eigenvalue weighted by molar-refractivity contribution is 0.213. The summed E-state index contributed by atoms with van der Waals surface area (Å²) in [5.41, 5.74) is 2.38. The van der Waals surface area contributed by atoms with E-state index in [2.05, 4.69) is 20.9 Å². The second-order valence-electron chi connectivity index (χ2n) is 4.40. The Morgan fingerprint density at radius 2 is 1.95 bits per heavy atom. The summed E-state index contributed by atoms with van der Waals surface area (Å²) < 4.78 is 11.3. The van der Waals surface area contributed by atoms with Crippen LogP contribution in [0, 0.1) is 6.92 Å². The van der Waals surface area contributed by atoms with Crippen molar-refractivity contribution in [2.45, 2.75) is 13.0 Å². The van der Waals surface area contributed by atoms with E-state index in [4.69, 9.17) is 9.47 Å². The van der Waals surface area contributed by atoms with Crippen molar-refractivity contribution in [2.24, 2.45) is 0 Å². The Balaban J connectivity index is 2.49. The van der Waals surface area contributed by atoms with Crippen molar-refractivity contribution in [1.29, 1.82) is 0 Å². The molecule has 0 bridgehead atoms. The summed E-state index contributed by atoms with van der Waals surface area (Å²) in [5, 5.41) is 10.5. The van der Waals surface area contributed by atoms with Crippen LogP contribution < -0.4 is 9.47 Å². The maximum absolute atomic E-state index is 10.5. The van der Waals surface area contributed by atoms with Crippen LogP contribution in [0.25, 0.3) is 0 Å². The van der Waals surface area contributed by atoms with Crippen LogP contribution in [0.5, 0.6) is 11.5 Å². The van der Waals surface area contributed by atoms with Gasteiger partial charge in [-0.2, -0.15) is 0 Å². The fourth-order valence-corrected chi connectivity index (χ4v) is 2.73. The fraction of sp³-hybridized carbons (Fsp3) is 0.267. The van der Waals surface area contributed by atoms with Gasteiger partial charge in [0.25, 0.3) is 0 Å². The SMILES string of the molecule is COc1ccc(C(O)c2cncc(C)c2)c(OC)c1Br. The summed E-state index contributed by atoms with van der Waals surface area (Å²) in [4.78, 5) is 4.11. The molecule has 0 saturated heterocycles. The smallest absolute Gasteiger partial charge is 0.142 e. The van der Waals surface area contributed by atoms with Crippen molar-refractivity contribution in [3.8, 4) is 11.5 Å². The third-order valence-corrected chi connectivity index (χ3v) is 3.77. The molecule has 1 heterocycles. The first-order chi connectivity index (χ1) is 9.58. The van der Waals surface area contributed by atoms with Gasteiger partial charge in [-0.25, -0.2) is 0 Å². The summed E-state index contributed by atoms with van der Waals surface area (Å²) in [6.45, 7) is 1.93. The van der Waals surface area contributed by atoms with Crippen LogP contribution in [-0.2, 0) is 0 Å². The number of aromatic nitrogens is 1. The standard InChI is InChI=1S/C15H16BrNO3/c1-9-6-10(8-17-7-9)14(18)11-4-5-12(19-2)13(16)15(11)20-3/h4-8,14,18H,1-3H3. The number of benzene rings is 1. The highest BCUT2D eigenvalue weighted by Gasteiger charge is 2.20. The zero-order chi connectivity index (χ0) is 14.7. The van der Waals surface area contributed by atoms with Gasteiger partial charge in [0.1, 0.15) is 22.1 Å². The molecule has 1 aromatic heterocycles. The summed E-state index contributed by atoms with van der Waals surface area (Å²) >= 11 is 3.43. The normalized spacial score (nSPS) is 12.1. The summed E-state index contributed by atoms with van der Waals surface area (Å²) in [6, 6.07) is 5.47. The fourth-order valence-electron chi connectivity index (χ4n) is 2.04. The lowest BCUT2D eigenvalue weighted by atomic mass is 10.0. The van der Waals surface area contributed by atoms with Gasteiger partial charge in [0.05, 0.1) is 14.2 Å². The molecular weight excluding hydrogens is 322 g/mol. The van der Waals surface area contributed by atoms with Crippen molar-refractivity contribution < 1.29 is 14.6 Å². The van der Waals surface area contributed by atoms with Crippen molar-refractivity contribution in [3.05, 3.63) is 51.8 Å². The number of pyridine rings is 1. The molecule has 0 aliphatic rings. The highest BCUT2D eigenvalue weighted by Crippen LogP contribution is 2.41. The molecule has 20 heavy (non-hydrogen) atoms. The van der Waals surface area contributed by atoms with Crippen LogP contribution in [0.1, 0.15) is 22.8 Å². The minimum absolute atomic E-state index is 0.554. The number of aliphatic hydroxyl groups is 1. The molecule has 0 radical (unpaired) electrons. The Labute approximate surface area is 126 Å². The van der Waals surface area contributed by atoms with Gasteiger partial charge in [-0.1, -0.05) is 6.07 Å². The molecule has 1 aromatic carbocycles. The second kappa shape index (κ2) is 6.24. The molecule has 1 unspecified atom stereocenters. The van der Waals surface area contributed by atoms with E-state index in [1.807, 2.05) is 13.0 Å². The minimum Gasteiger partial charge on any atom is -0.495 e. The first-order valence-corrected chi connectivity index (χ1v) is 6.87. The van der Waals surface area contributed by atoms with E-state index >= 15 is 0 Å². The Morgan fingerprint density at radius 3 is 2.55 bits per heavy atom. The van der Waals surface area contributed by atoms with Crippen LogP contribution in [0.3, 0.4) is 0 Å². The van der Waals surface area contributed by atoms with E-state index in [1.165, 1.54) is 0 Å². The molecule has 0 aliphatic carbocycles. The summed E-state index contributed by atoms with van der Waals surface area (Å²) in [7, 11) is 3.14. The molecule has 1 atom stereocenters. The number of halogens is 1. The second-order valence-corrected chi connectivity index (χ2v) is 5.20. The number of rotatable bonds is 4. The van der Waals surface area contributed by atoms with Gasteiger partial charge in [-0.15, -0.1) is 0 Å². The lowest BCUT2D eigenvalue weighted by Gasteiger charge is -2.18. The van der Waals surface area contributed by atoms with E-state index in [0.29, 0.717) is 21.5 Å². The Bertz CT molecular complexity index is 616. The Kier molecular flexibility index (Phi) is 4.62. The number of ether oxygens (including phenoxy) is 2. The van der Waals surface area contributed by atoms with Crippen LogP contribution >= 0.6 is 15.9 Å². The van der Waals surface area contributed by atoms with Crippen LogP contribution in [0.2, 0.25) is 0 Å². The first-order valence-electron chi connectivity index (χ1n) is 6.08. The van der Waals surface area contributed by atoms with Crippen molar-refractivity contribution in [1.82, 2.24) is 4.98 Å². The van der Waals surface area contributed by atoms with E-state index < -0.39 is 6.10 Å². The van der Waals surface area contributed by atoms with Crippen LogP contribution in [0.4, 0.5) is 0 Å². The topological polar surface area (TPSA) is 51.6 Å². The first kappa shape index (κ1) is 14.8. The predicted molar refractivity (Wildman–Crippen MR) is 80.3 cm³/mol. The maximum atomic E-state index is 10.5. The lowest BCUT2D eigenvalue weighted by Crippen LogP contribution is -2.04. The van der Waals surface area contributed by atoms with E-state index in [1.54, 1.807) is 38.7 Å². The van der Waals surface area contributed by atoms with Gasteiger partial charge in [0.15, 0.2) is 0 Å². The zero-order valence-corrected chi connectivity index (χ0v) is 13.1. The molecule has 5 heteroatoms. The molecule has 2 aromatic rings. The van der Waals surface area contributed by atoms with Crippen molar-refractivity contribution in [3.63, 3.8) is 0 Å². The number of aryl methyl sites for hydroxylation is 1. The average molecular weight is 338 g/mol. The van der Waals surface area contributed by atoms with E-state index in [0.717, 1.165) is 11.1 Å². The number of nitrogens with zero attached hydrogens (tertiary/aromatic N) is 1. The Morgan fingerprint density at radius 1 is 1.20 bits per heavy atom. The molecular formula is C15H16BrNO3. The molecule has 4 nitrogen and oxygen atoms in total. The summed E-state index contributed by atoms with van der Waals surface area (Å²) in [5.74, 6) is 1.21. The summed E-state index contributed by atoms with van der Waals surface area (Å²) in [6.07, 6.45) is 2.59. The van der Waals surface area contributed by atoms with Gasteiger partial charge in [0, 0.05) is 23.5 Å². The third-order valence-electron chi connectivity index (χ3n) is 3.02. The predicted octanol–water partition coefficient (Wildman–Crippen LogP) is 3.25. The van der Waals surface area contributed by atoms with Crippen molar-refractivity contribution in [2.75, 3.05) is 14.2 Å². The highest BCUT2D eigenvalue weighted by atomic mass is 79.9. The van der Waals surface area contributed by atoms with Gasteiger partial charge in [-0.05, 0) is 40.5 Å². The van der Waals surface area contributed by atoms with Gasteiger partial charge < -0.3 is 14.6 Å². The Hall–Kier alpha value is -1.59. The molecule has 2 rings (SSSR count). The van der Waals surface area contributed by atoms with Crippen LogP contribution in [-0.4, -0.2) is 24.3 Å². The van der Waals surface area contributed by atoms with Gasteiger partial charge in [0.2, 0.25) is 0 Å². The quantitative estimate of drug-likeness (QED) is 0.930. The monoisotopic (exact) mass is 337 g/mol. The van der Waals surface area contributed by atoms with Gasteiger partial charge in [-0.3, -0.25) is 4.98 Å². The van der Waals surface area contributed by atoms with E-state index in [-0.39, 0.29) is 0 Å². The van der Waals surface area contributed by atoms with Gasteiger partial charge >= 0.3 is 0 Å². The molecule has 106 valence electrons. The zero-order valence-electron chi connectivity index (χ0n) is 11.6. The average Bonchev–Trinajstić information content (AvgIpc) is 2.46. The molecule has 1 N–H and O–H groups in total. The minimum atomic E-state index is -0.806. The van der Waals surface area contributed by atoms with E-state index in [9.17, 15) is 5.11 Å². The number of aliphatic hydroxyl groups excluding tert-OH is 1.